The summed E-state index contributed by atoms with van der Waals surface area (Å²) in [6, 6.07) is 0. The molecule has 0 aromatic carbocycles. The number of hydrogen-bond donors (Lipinski definition) is 1. The predicted octanol–water partition coefficient (Wildman–Crippen LogP) is 0.792. The van der Waals surface area contributed by atoms with Gasteiger partial charge in [0.1, 0.15) is 11.9 Å². The maximum Gasteiger partial charge on any atom is 0.309 e. The summed E-state index contributed by atoms with van der Waals surface area (Å²) in [5, 5.41) is 17.2. The van der Waals surface area contributed by atoms with Gasteiger partial charge in [-0.15, -0.1) is 6.58 Å². The molecule has 1 aromatic heterocycles. The Balaban J connectivity index is 2.52. The molecule has 1 amide bonds. The van der Waals surface area contributed by atoms with Crippen LogP contribution in [-0.2, 0) is 11.3 Å². The fourth-order valence-electron chi connectivity index (χ4n) is 1.29. The number of hydrogen-bond acceptors (Lipinski definition) is 4. The van der Waals surface area contributed by atoms with Crippen LogP contribution in [0.4, 0.5) is 5.69 Å². The minimum atomic E-state index is -0.489. The molecule has 0 aliphatic carbocycles. The Morgan fingerprint density at radius 1 is 1.76 bits per heavy atom. The number of carbonyl (C=O) groups is 1. The van der Waals surface area contributed by atoms with E-state index in [0.29, 0.717) is 18.8 Å². The minimum absolute atomic E-state index is 0.0310. The first-order chi connectivity index (χ1) is 8.04. The van der Waals surface area contributed by atoms with Crippen LogP contribution in [0, 0.1) is 17.0 Å². The number of nitro groups is 1. The van der Waals surface area contributed by atoms with Crippen molar-refractivity contribution in [2.24, 2.45) is 0 Å². The van der Waals surface area contributed by atoms with Gasteiger partial charge in [-0.05, 0) is 6.92 Å². The number of rotatable bonds is 6. The van der Waals surface area contributed by atoms with E-state index in [4.69, 9.17) is 0 Å². The number of aromatic nitrogens is 2. The summed E-state index contributed by atoms with van der Waals surface area (Å²) in [4.78, 5) is 21.4. The molecule has 1 aromatic rings. The van der Waals surface area contributed by atoms with Crippen molar-refractivity contribution in [2.75, 3.05) is 6.54 Å². The summed E-state index contributed by atoms with van der Waals surface area (Å²) in [7, 11) is 0. The Bertz CT molecular complexity index is 439. The maximum absolute atomic E-state index is 11.3. The van der Waals surface area contributed by atoms with Crippen LogP contribution in [0.25, 0.3) is 0 Å². The van der Waals surface area contributed by atoms with E-state index >= 15 is 0 Å². The first-order valence-corrected chi connectivity index (χ1v) is 5.10. The maximum atomic E-state index is 11.3. The zero-order chi connectivity index (χ0) is 12.8. The van der Waals surface area contributed by atoms with Crippen LogP contribution < -0.4 is 5.32 Å². The Morgan fingerprint density at radius 3 is 3.00 bits per heavy atom. The molecule has 0 bridgehead atoms. The van der Waals surface area contributed by atoms with E-state index in [1.54, 1.807) is 13.0 Å². The second kappa shape index (κ2) is 5.78. The van der Waals surface area contributed by atoms with Gasteiger partial charge >= 0.3 is 5.69 Å². The van der Waals surface area contributed by atoms with Crippen LogP contribution in [-0.4, -0.2) is 27.2 Å². The van der Waals surface area contributed by atoms with Crippen LogP contribution in [0.2, 0.25) is 0 Å². The summed E-state index contributed by atoms with van der Waals surface area (Å²) in [6.07, 6.45) is 3.14. The molecule has 0 fully saturated rings. The van der Waals surface area contributed by atoms with Crippen molar-refractivity contribution < 1.29 is 9.72 Å². The summed E-state index contributed by atoms with van der Waals surface area (Å²) in [6.45, 7) is 5.77. The van der Waals surface area contributed by atoms with Crippen LogP contribution in [0.15, 0.2) is 18.9 Å². The van der Waals surface area contributed by atoms with Gasteiger partial charge in [-0.1, -0.05) is 6.08 Å². The van der Waals surface area contributed by atoms with Gasteiger partial charge in [-0.2, -0.15) is 5.10 Å². The molecule has 17 heavy (non-hydrogen) atoms. The summed E-state index contributed by atoms with van der Waals surface area (Å²) < 4.78 is 1.40. The third-order valence-electron chi connectivity index (χ3n) is 2.13. The van der Waals surface area contributed by atoms with Crippen molar-refractivity contribution in [1.82, 2.24) is 15.1 Å². The molecule has 7 heteroatoms. The largest absolute Gasteiger partial charge is 0.353 e. The number of nitrogens with zero attached hydrogens (tertiary/aromatic N) is 3. The molecule has 0 saturated carbocycles. The average Bonchev–Trinajstić information content (AvgIpc) is 2.65. The third-order valence-corrected chi connectivity index (χ3v) is 2.13. The van der Waals surface area contributed by atoms with Crippen molar-refractivity contribution in [1.29, 1.82) is 0 Å². The molecular weight excluding hydrogens is 224 g/mol. The predicted molar refractivity (Wildman–Crippen MR) is 61.4 cm³/mol. The van der Waals surface area contributed by atoms with Gasteiger partial charge in [0.05, 0.1) is 4.92 Å². The van der Waals surface area contributed by atoms with Crippen molar-refractivity contribution in [3.63, 3.8) is 0 Å². The van der Waals surface area contributed by atoms with Crippen molar-refractivity contribution in [2.45, 2.75) is 19.9 Å². The quantitative estimate of drug-likeness (QED) is 0.450. The molecule has 0 spiro atoms. The van der Waals surface area contributed by atoms with Gasteiger partial charge in [0.15, 0.2) is 0 Å². The minimum Gasteiger partial charge on any atom is -0.353 e. The normalized spacial score (nSPS) is 9.94. The van der Waals surface area contributed by atoms with Crippen LogP contribution in [0.3, 0.4) is 0 Å². The number of amides is 1. The fourth-order valence-corrected chi connectivity index (χ4v) is 1.29. The van der Waals surface area contributed by atoms with Crippen molar-refractivity contribution >= 4 is 11.6 Å². The molecule has 1 rings (SSSR count). The zero-order valence-electron chi connectivity index (χ0n) is 9.55. The lowest BCUT2D eigenvalue weighted by Gasteiger charge is -2.01. The molecule has 0 aliphatic heterocycles. The molecule has 0 saturated heterocycles. The molecule has 0 atom stereocenters. The fraction of sp³-hybridized carbons (Fsp3) is 0.400. The molecule has 0 unspecified atom stereocenters. The van der Waals surface area contributed by atoms with E-state index < -0.39 is 4.92 Å². The van der Waals surface area contributed by atoms with E-state index in [-0.39, 0.29) is 18.0 Å². The van der Waals surface area contributed by atoms with Gasteiger partial charge in [-0.3, -0.25) is 19.6 Å². The summed E-state index contributed by atoms with van der Waals surface area (Å²) >= 11 is 0. The lowest BCUT2D eigenvalue weighted by atomic mass is 10.4. The topological polar surface area (TPSA) is 90.1 Å². The van der Waals surface area contributed by atoms with Crippen molar-refractivity contribution in [3.05, 3.63) is 34.7 Å². The van der Waals surface area contributed by atoms with Gasteiger partial charge in [0, 0.05) is 19.5 Å². The number of carbonyl (C=O) groups excluding carboxylic acids is 1. The monoisotopic (exact) mass is 238 g/mol. The summed E-state index contributed by atoms with van der Waals surface area (Å²) in [5.41, 5.74) is 0.318. The van der Waals surface area contributed by atoms with Crippen LogP contribution >= 0.6 is 0 Å². The highest BCUT2D eigenvalue weighted by Gasteiger charge is 2.15. The van der Waals surface area contributed by atoms with Gasteiger partial charge in [0.2, 0.25) is 5.91 Å². The van der Waals surface area contributed by atoms with Gasteiger partial charge < -0.3 is 5.32 Å². The highest BCUT2D eigenvalue weighted by molar-refractivity contribution is 5.75. The van der Waals surface area contributed by atoms with E-state index in [9.17, 15) is 14.9 Å². The molecule has 0 aliphatic rings. The van der Waals surface area contributed by atoms with Crippen LogP contribution in [0.1, 0.15) is 12.1 Å². The lowest BCUT2D eigenvalue weighted by molar-refractivity contribution is -0.385. The van der Waals surface area contributed by atoms with Gasteiger partial charge in [-0.25, -0.2) is 0 Å². The lowest BCUT2D eigenvalue weighted by Crippen LogP contribution is -2.24. The molecule has 1 N–H and O–H groups in total. The second-order valence-electron chi connectivity index (χ2n) is 3.46. The third kappa shape index (κ3) is 3.71. The highest BCUT2D eigenvalue weighted by Crippen LogP contribution is 2.14. The highest BCUT2D eigenvalue weighted by atomic mass is 16.6. The smallest absolute Gasteiger partial charge is 0.309 e. The molecule has 7 nitrogen and oxygen atoms in total. The second-order valence-corrected chi connectivity index (χ2v) is 3.46. The number of aryl methyl sites for hydroxylation is 2. The van der Waals surface area contributed by atoms with Gasteiger partial charge in [0.25, 0.3) is 0 Å². The Hall–Kier alpha value is -2.18. The Morgan fingerprint density at radius 2 is 2.47 bits per heavy atom. The molecule has 1 heterocycles. The first kappa shape index (κ1) is 12.9. The van der Waals surface area contributed by atoms with Crippen LogP contribution in [0.5, 0.6) is 0 Å². The van der Waals surface area contributed by atoms with E-state index in [2.05, 4.69) is 17.0 Å². The zero-order valence-corrected chi connectivity index (χ0v) is 9.55. The molecule has 92 valence electrons. The SMILES string of the molecule is C=CCNC(=O)CCn1cc([N+](=O)[O-])c(C)n1. The van der Waals surface area contributed by atoms with Crippen molar-refractivity contribution in [3.8, 4) is 0 Å². The van der Waals surface area contributed by atoms with E-state index in [0.717, 1.165) is 0 Å². The molecular formula is C10H14N4O3. The average molecular weight is 238 g/mol. The molecule has 0 radical (unpaired) electrons. The first-order valence-electron chi connectivity index (χ1n) is 5.10. The standard InChI is InChI=1S/C10H14N4O3/c1-3-5-11-10(15)4-6-13-7-9(14(16)17)8(2)12-13/h3,7H,1,4-6H2,2H3,(H,11,15). The Labute approximate surface area is 98.3 Å². The van der Waals surface area contributed by atoms with E-state index in [1.165, 1.54) is 10.9 Å². The van der Waals surface area contributed by atoms with E-state index in [1.807, 2.05) is 0 Å². The number of nitrogens with one attached hydrogen (secondary N) is 1. The summed E-state index contributed by atoms with van der Waals surface area (Å²) in [5.74, 6) is -0.138. The Kier molecular flexibility index (Phi) is 4.38.